The molecule has 1 rings (SSSR count). The van der Waals surface area contributed by atoms with Gasteiger partial charge in [0.15, 0.2) is 5.78 Å². The third-order valence-electron chi connectivity index (χ3n) is 2.02. The van der Waals surface area contributed by atoms with Crippen molar-refractivity contribution < 1.29 is 17.4 Å². The van der Waals surface area contributed by atoms with E-state index in [9.17, 15) is 13.2 Å². The first-order chi connectivity index (χ1) is 7.29. The summed E-state index contributed by atoms with van der Waals surface area (Å²) in [6, 6.07) is 6.89. The second-order valence-electron chi connectivity index (χ2n) is 3.67. The molecule has 0 bridgehead atoms. The predicted molar refractivity (Wildman–Crippen MR) is 60.9 cm³/mol. The van der Waals surface area contributed by atoms with Crippen molar-refractivity contribution in [3.05, 3.63) is 35.4 Å². The Labute approximate surface area is 95.4 Å². The van der Waals surface area contributed by atoms with Gasteiger partial charge in [-0.2, -0.15) is 8.42 Å². The van der Waals surface area contributed by atoms with E-state index < -0.39 is 16.2 Å². The highest BCUT2D eigenvalue weighted by atomic mass is 32.2. The van der Waals surface area contributed by atoms with Gasteiger partial charge >= 0.3 is 0 Å². The van der Waals surface area contributed by atoms with Crippen LogP contribution in [0.15, 0.2) is 24.3 Å². The molecule has 0 fully saturated rings. The monoisotopic (exact) mass is 242 g/mol. The number of rotatable bonds is 4. The molecule has 0 amide bonds. The third kappa shape index (κ3) is 3.75. The van der Waals surface area contributed by atoms with Crippen molar-refractivity contribution in [1.82, 2.24) is 0 Å². The fourth-order valence-electron chi connectivity index (χ4n) is 1.26. The normalized spacial score (nSPS) is 13.4. The molecule has 0 aliphatic carbocycles. The fraction of sp³-hybridized carbons (Fsp3) is 0.364. The minimum Gasteiger partial charge on any atom is -0.291 e. The summed E-state index contributed by atoms with van der Waals surface area (Å²) in [5, 5.41) is 0. The minimum atomic E-state index is -3.61. The summed E-state index contributed by atoms with van der Waals surface area (Å²) in [6.45, 7) is 3.33. The lowest BCUT2D eigenvalue weighted by Gasteiger charge is -2.09. The first kappa shape index (κ1) is 12.9. The number of aryl methyl sites for hydroxylation is 1. The van der Waals surface area contributed by atoms with Crippen LogP contribution >= 0.6 is 0 Å². The number of ketones is 1. The van der Waals surface area contributed by atoms with Gasteiger partial charge in [-0.25, -0.2) is 0 Å². The van der Waals surface area contributed by atoms with Crippen LogP contribution in [0.4, 0.5) is 0 Å². The summed E-state index contributed by atoms with van der Waals surface area (Å²) in [4.78, 5) is 11.7. The standard InChI is InChI=1S/C11H14O4S/c1-8-4-6-10(7-5-8)11(12)9(2)15-16(3,13)14/h4-7,9H,1-3H3/t9-/m0/s1. The van der Waals surface area contributed by atoms with Crippen molar-refractivity contribution in [2.24, 2.45) is 0 Å². The van der Waals surface area contributed by atoms with Gasteiger partial charge in [0.05, 0.1) is 6.26 Å². The molecule has 0 aliphatic heterocycles. The quantitative estimate of drug-likeness (QED) is 0.593. The molecule has 1 aromatic carbocycles. The van der Waals surface area contributed by atoms with Crippen LogP contribution < -0.4 is 0 Å². The summed E-state index contributed by atoms with van der Waals surface area (Å²) in [6.07, 6.45) is -0.0657. The molecular formula is C11H14O4S. The third-order valence-corrected chi connectivity index (χ3v) is 2.66. The summed E-state index contributed by atoms with van der Waals surface area (Å²) < 4.78 is 26.3. The zero-order chi connectivity index (χ0) is 12.3. The van der Waals surface area contributed by atoms with Gasteiger partial charge in [0, 0.05) is 5.56 Å². The number of Topliss-reactive ketones (excluding diaryl/α,β-unsaturated/α-hetero) is 1. The smallest absolute Gasteiger partial charge is 0.265 e. The van der Waals surface area contributed by atoms with Gasteiger partial charge in [-0.15, -0.1) is 0 Å². The molecular weight excluding hydrogens is 228 g/mol. The number of hydrogen-bond donors (Lipinski definition) is 0. The van der Waals surface area contributed by atoms with Crippen LogP contribution in [0.5, 0.6) is 0 Å². The molecule has 0 saturated heterocycles. The first-order valence-electron chi connectivity index (χ1n) is 4.79. The van der Waals surface area contributed by atoms with Crippen LogP contribution in [0.2, 0.25) is 0 Å². The van der Waals surface area contributed by atoms with Gasteiger partial charge in [0.1, 0.15) is 6.10 Å². The van der Waals surface area contributed by atoms with Gasteiger partial charge in [0.25, 0.3) is 10.1 Å². The molecule has 16 heavy (non-hydrogen) atoms. The Morgan fingerprint density at radius 3 is 2.19 bits per heavy atom. The minimum absolute atomic E-state index is 0.342. The lowest BCUT2D eigenvalue weighted by atomic mass is 10.1. The van der Waals surface area contributed by atoms with Crippen LogP contribution in [0.3, 0.4) is 0 Å². The summed E-state index contributed by atoms with van der Waals surface area (Å²) in [5.74, 6) is -0.342. The first-order valence-corrected chi connectivity index (χ1v) is 6.60. The second-order valence-corrected chi connectivity index (χ2v) is 5.27. The highest BCUT2D eigenvalue weighted by Crippen LogP contribution is 2.09. The second kappa shape index (κ2) is 4.76. The van der Waals surface area contributed by atoms with Crippen molar-refractivity contribution in [2.45, 2.75) is 20.0 Å². The van der Waals surface area contributed by atoms with Crippen molar-refractivity contribution in [1.29, 1.82) is 0 Å². The molecule has 0 radical (unpaired) electrons. The van der Waals surface area contributed by atoms with Crippen LogP contribution in [0, 0.1) is 6.92 Å². The molecule has 0 unspecified atom stereocenters. The van der Waals surface area contributed by atoms with Crippen LogP contribution in [-0.2, 0) is 14.3 Å². The molecule has 0 spiro atoms. The summed E-state index contributed by atoms with van der Waals surface area (Å²) in [5.41, 5.74) is 1.48. The van der Waals surface area contributed by atoms with E-state index in [1.807, 2.05) is 6.92 Å². The van der Waals surface area contributed by atoms with Gasteiger partial charge in [-0.05, 0) is 13.8 Å². The van der Waals surface area contributed by atoms with E-state index in [-0.39, 0.29) is 5.78 Å². The Morgan fingerprint density at radius 1 is 1.25 bits per heavy atom. The zero-order valence-electron chi connectivity index (χ0n) is 9.43. The average molecular weight is 242 g/mol. The SMILES string of the molecule is Cc1ccc(C(=O)[C@H](C)OS(C)(=O)=O)cc1. The molecule has 1 atom stereocenters. The van der Waals surface area contributed by atoms with Crippen LogP contribution in [-0.4, -0.2) is 26.6 Å². The van der Waals surface area contributed by atoms with Crippen molar-refractivity contribution in [3.8, 4) is 0 Å². The number of carbonyl (C=O) groups is 1. The number of benzene rings is 1. The highest BCUT2D eigenvalue weighted by Gasteiger charge is 2.19. The molecule has 5 heteroatoms. The van der Waals surface area contributed by atoms with Crippen molar-refractivity contribution in [3.63, 3.8) is 0 Å². The van der Waals surface area contributed by atoms with Gasteiger partial charge < -0.3 is 0 Å². The van der Waals surface area contributed by atoms with Crippen molar-refractivity contribution in [2.75, 3.05) is 6.26 Å². The average Bonchev–Trinajstić information content (AvgIpc) is 2.15. The molecule has 0 heterocycles. The van der Waals surface area contributed by atoms with Crippen LogP contribution in [0.1, 0.15) is 22.8 Å². The maximum atomic E-state index is 11.7. The maximum absolute atomic E-state index is 11.7. The molecule has 0 saturated carbocycles. The van der Waals surface area contributed by atoms with E-state index >= 15 is 0 Å². The Hall–Kier alpha value is -1.20. The summed E-state index contributed by atoms with van der Waals surface area (Å²) in [7, 11) is -3.61. The number of hydrogen-bond acceptors (Lipinski definition) is 4. The zero-order valence-corrected chi connectivity index (χ0v) is 10.2. The Bertz CT molecular complexity index is 473. The highest BCUT2D eigenvalue weighted by molar-refractivity contribution is 7.86. The Balaban J connectivity index is 2.82. The van der Waals surface area contributed by atoms with E-state index in [1.54, 1.807) is 24.3 Å². The Kier molecular flexibility index (Phi) is 3.83. The largest absolute Gasteiger partial charge is 0.291 e. The molecule has 0 aromatic heterocycles. The van der Waals surface area contributed by atoms with E-state index in [0.717, 1.165) is 11.8 Å². The molecule has 4 nitrogen and oxygen atoms in total. The van der Waals surface area contributed by atoms with Crippen molar-refractivity contribution >= 4 is 15.9 Å². The van der Waals surface area contributed by atoms with Gasteiger partial charge in [0.2, 0.25) is 0 Å². The van der Waals surface area contributed by atoms with Gasteiger partial charge in [-0.3, -0.25) is 8.98 Å². The lowest BCUT2D eigenvalue weighted by molar-refractivity contribution is 0.0827. The van der Waals surface area contributed by atoms with E-state index in [4.69, 9.17) is 0 Å². The number of carbonyl (C=O) groups excluding carboxylic acids is 1. The maximum Gasteiger partial charge on any atom is 0.265 e. The molecule has 0 aliphatic rings. The topological polar surface area (TPSA) is 60.4 Å². The van der Waals surface area contributed by atoms with Crippen LogP contribution in [0.25, 0.3) is 0 Å². The van der Waals surface area contributed by atoms with Gasteiger partial charge in [-0.1, -0.05) is 29.8 Å². The molecule has 88 valence electrons. The summed E-state index contributed by atoms with van der Waals surface area (Å²) >= 11 is 0. The van der Waals surface area contributed by atoms with E-state index in [1.165, 1.54) is 6.92 Å². The predicted octanol–water partition coefficient (Wildman–Crippen LogP) is 1.54. The fourth-order valence-corrected chi connectivity index (χ4v) is 1.87. The van der Waals surface area contributed by atoms with E-state index in [2.05, 4.69) is 4.18 Å². The Morgan fingerprint density at radius 2 is 1.75 bits per heavy atom. The molecule has 1 aromatic rings. The lowest BCUT2D eigenvalue weighted by Crippen LogP contribution is -2.23. The van der Waals surface area contributed by atoms with E-state index in [0.29, 0.717) is 5.56 Å². The molecule has 0 N–H and O–H groups in total.